The van der Waals surface area contributed by atoms with Crippen molar-refractivity contribution in [2.45, 2.75) is 18.2 Å². The summed E-state index contributed by atoms with van der Waals surface area (Å²) in [5.41, 5.74) is 0.556. The Hall–Kier alpha value is -0.960. The number of H-pyrrole nitrogens is 1. The highest BCUT2D eigenvalue weighted by Gasteiger charge is 2.18. The Bertz CT molecular complexity index is 494. The third-order valence-electron chi connectivity index (χ3n) is 3.12. The van der Waals surface area contributed by atoms with Gasteiger partial charge in [-0.15, -0.1) is 0 Å². The van der Waals surface area contributed by atoms with Gasteiger partial charge in [0.2, 0.25) is 10.0 Å². The fourth-order valence-electron chi connectivity index (χ4n) is 2.02. The highest BCUT2D eigenvalue weighted by Crippen LogP contribution is 2.10. The molecule has 7 nitrogen and oxygen atoms in total. The number of aryl methyl sites for hydroxylation is 1. The van der Waals surface area contributed by atoms with Crippen LogP contribution in [-0.4, -0.2) is 62.9 Å². The quantitative estimate of drug-likeness (QED) is 0.703. The molecule has 1 aliphatic heterocycles. The fraction of sp³-hybridized carbons (Fsp3) is 0.727. The number of rotatable bonds is 6. The standard InChI is InChI=1S/C11H20N4O3S/c1-10-11(9-12-14-10)19(16,17)13-3-2-4-15-5-7-18-8-6-15/h9,13H,2-8H2,1H3,(H,12,14). The van der Waals surface area contributed by atoms with E-state index in [1.165, 1.54) is 6.20 Å². The molecule has 0 saturated carbocycles. The van der Waals surface area contributed by atoms with Gasteiger partial charge in [-0.3, -0.25) is 10.00 Å². The van der Waals surface area contributed by atoms with Crippen molar-refractivity contribution in [3.05, 3.63) is 11.9 Å². The van der Waals surface area contributed by atoms with Gasteiger partial charge in [0.1, 0.15) is 4.90 Å². The fourth-order valence-corrected chi connectivity index (χ4v) is 3.23. The first-order valence-electron chi connectivity index (χ1n) is 6.39. The molecule has 19 heavy (non-hydrogen) atoms. The number of sulfonamides is 1. The monoisotopic (exact) mass is 288 g/mol. The number of nitrogens with one attached hydrogen (secondary N) is 2. The van der Waals surface area contributed by atoms with E-state index in [-0.39, 0.29) is 4.90 Å². The van der Waals surface area contributed by atoms with Crippen molar-refractivity contribution >= 4 is 10.0 Å². The summed E-state index contributed by atoms with van der Waals surface area (Å²) in [6.07, 6.45) is 2.12. The van der Waals surface area contributed by atoms with E-state index in [1.54, 1.807) is 6.92 Å². The van der Waals surface area contributed by atoms with E-state index >= 15 is 0 Å². The summed E-state index contributed by atoms with van der Waals surface area (Å²) in [4.78, 5) is 2.50. The van der Waals surface area contributed by atoms with Gasteiger partial charge in [0, 0.05) is 19.6 Å². The molecule has 2 heterocycles. The van der Waals surface area contributed by atoms with E-state index in [4.69, 9.17) is 4.74 Å². The molecule has 0 aliphatic carbocycles. The van der Waals surface area contributed by atoms with Gasteiger partial charge in [-0.2, -0.15) is 5.10 Å². The van der Waals surface area contributed by atoms with Crippen LogP contribution in [0.2, 0.25) is 0 Å². The van der Waals surface area contributed by atoms with Gasteiger partial charge < -0.3 is 4.74 Å². The average Bonchev–Trinajstić information content (AvgIpc) is 2.83. The van der Waals surface area contributed by atoms with E-state index in [0.29, 0.717) is 12.2 Å². The zero-order valence-electron chi connectivity index (χ0n) is 11.1. The summed E-state index contributed by atoms with van der Waals surface area (Å²) in [5.74, 6) is 0. The van der Waals surface area contributed by atoms with Crippen LogP contribution in [0.1, 0.15) is 12.1 Å². The van der Waals surface area contributed by atoms with E-state index in [0.717, 1.165) is 39.3 Å². The van der Waals surface area contributed by atoms with Crippen LogP contribution in [0.3, 0.4) is 0 Å². The minimum atomic E-state index is -3.44. The number of hydrogen-bond acceptors (Lipinski definition) is 5. The molecule has 2 rings (SSSR count). The number of nitrogens with zero attached hydrogens (tertiary/aromatic N) is 2. The number of aromatic nitrogens is 2. The summed E-state index contributed by atoms with van der Waals surface area (Å²) in [7, 11) is -3.44. The van der Waals surface area contributed by atoms with Crippen molar-refractivity contribution < 1.29 is 13.2 Å². The lowest BCUT2D eigenvalue weighted by atomic mass is 10.3. The Kier molecular flexibility index (Phi) is 4.92. The van der Waals surface area contributed by atoms with Crippen molar-refractivity contribution in [1.82, 2.24) is 19.8 Å². The Balaban J connectivity index is 1.74. The topological polar surface area (TPSA) is 87.3 Å². The SMILES string of the molecule is Cc1[nH]ncc1S(=O)(=O)NCCCN1CCOCC1. The molecule has 0 amide bonds. The van der Waals surface area contributed by atoms with Gasteiger partial charge in [-0.1, -0.05) is 0 Å². The van der Waals surface area contributed by atoms with E-state index in [1.807, 2.05) is 0 Å². The van der Waals surface area contributed by atoms with Gasteiger partial charge in [-0.05, 0) is 19.9 Å². The lowest BCUT2D eigenvalue weighted by Gasteiger charge is -2.26. The second-order valence-corrected chi connectivity index (χ2v) is 6.30. The first kappa shape index (κ1) is 14.4. The molecule has 0 atom stereocenters. The lowest BCUT2D eigenvalue weighted by Crippen LogP contribution is -2.38. The molecule has 1 aliphatic rings. The predicted octanol–water partition coefficient (Wildman–Crippen LogP) is -0.281. The minimum Gasteiger partial charge on any atom is -0.379 e. The number of ether oxygens (including phenoxy) is 1. The molecular formula is C11H20N4O3S. The van der Waals surface area contributed by atoms with Crippen LogP contribution in [0.5, 0.6) is 0 Å². The van der Waals surface area contributed by atoms with Gasteiger partial charge in [0.05, 0.1) is 25.1 Å². The zero-order valence-corrected chi connectivity index (χ0v) is 11.9. The highest BCUT2D eigenvalue weighted by molar-refractivity contribution is 7.89. The Morgan fingerprint density at radius 3 is 2.84 bits per heavy atom. The first-order chi connectivity index (χ1) is 9.09. The van der Waals surface area contributed by atoms with Gasteiger partial charge >= 0.3 is 0 Å². The van der Waals surface area contributed by atoms with Crippen molar-refractivity contribution in [2.75, 3.05) is 39.4 Å². The molecule has 0 unspecified atom stereocenters. The normalized spacial score (nSPS) is 17.7. The van der Waals surface area contributed by atoms with E-state index in [9.17, 15) is 8.42 Å². The zero-order chi connectivity index (χ0) is 13.7. The average molecular weight is 288 g/mol. The summed E-state index contributed by atoms with van der Waals surface area (Å²) in [6.45, 7) is 6.39. The number of morpholine rings is 1. The minimum absolute atomic E-state index is 0.221. The maximum absolute atomic E-state index is 12.0. The molecule has 0 aromatic carbocycles. The molecule has 2 N–H and O–H groups in total. The van der Waals surface area contributed by atoms with Crippen molar-refractivity contribution in [3.8, 4) is 0 Å². The molecule has 1 saturated heterocycles. The largest absolute Gasteiger partial charge is 0.379 e. The summed E-state index contributed by atoms with van der Waals surface area (Å²) >= 11 is 0. The van der Waals surface area contributed by atoms with Crippen LogP contribution < -0.4 is 4.72 Å². The smallest absolute Gasteiger partial charge is 0.243 e. The van der Waals surface area contributed by atoms with Crippen LogP contribution in [0.15, 0.2) is 11.1 Å². The van der Waals surface area contributed by atoms with E-state index in [2.05, 4.69) is 19.8 Å². The number of aromatic amines is 1. The van der Waals surface area contributed by atoms with Crippen LogP contribution in [0.25, 0.3) is 0 Å². The Labute approximate surface area is 113 Å². The molecule has 0 spiro atoms. The third-order valence-corrected chi connectivity index (χ3v) is 4.69. The predicted molar refractivity (Wildman–Crippen MR) is 70.4 cm³/mol. The second-order valence-electron chi connectivity index (χ2n) is 4.56. The molecule has 8 heteroatoms. The first-order valence-corrected chi connectivity index (χ1v) is 7.87. The molecule has 108 valence electrons. The molecule has 1 aromatic rings. The molecule has 1 aromatic heterocycles. The van der Waals surface area contributed by atoms with Crippen LogP contribution in [-0.2, 0) is 14.8 Å². The summed E-state index contributed by atoms with van der Waals surface area (Å²) < 4.78 is 31.8. The molecular weight excluding hydrogens is 268 g/mol. The van der Waals surface area contributed by atoms with Gasteiger partial charge in [0.15, 0.2) is 0 Å². The highest BCUT2D eigenvalue weighted by atomic mass is 32.2. The second kappa shape index (κ2) is 6.47. The maximum atomic E-state index is 12.0. The van der Waals surface area contributed by atoms with E-state index < -0.39 is 10.0 Å². The summed E-state index contributed by atoms with van der Waals surface area (Å²) in [6, 6.07) is 0. The van der Waals surface area contributed by atoms with Crippen LogP contribution in [0, 0.1) is 6.92 Å². The van der Waals surface area contributed by atoms with Crippen molar-refractivity contribution in [2.24, 2.45) is 0 Å². The van der Waals surface area contributed by atoms with Gasteiger partial charge in [-0.25, -0.2) is 13.1 Å². The van der Waals surface area contributed by atoms with Crippen molar-refractivity contribution in [1.29, 1.82) is 0 Å². The van der Waals surface area contributed by atoms with Crippen LogP contribution in [0.4, 0.5) is 0 Å². The molecule has 0 radical (unpaired) electrons. The Morgan fingerprint density at radius 2 is 2.21 bits per heavy atom. The van der Waals surface area contributed by atoms with Gasteiger partial charge in [0.25, 0.3) is 0 Å². The third kappa shape index (κ3) is 4.00. The summed E-state index contributed by atoms with van der Waals surface area (Å²) in [5, 5.41) is 6.35. The Morgan fingerprint density at radius 1 is 1.47 bits per heavy atom. The van der Waals surface area contributed by atoms with Crippen molar-refractivity contribution in [3.63, 3.8) is 0 Å². The maximum Gasteiger partial charge on any atom is 0.243 e. The van der Waals surface area contributed by atoms with Crippen LogP contribution >= 0.6 is 0 Å². The molecule has 0 bridgehead atoms. The molecule has 1 fully saturated rings. The number of hydrogen-bond donors (Lipinski definition) is 2. The lowest BCUT2D eigenvalue weighted by molar-refractivity contribution is 0.0376.